The molecule has 1 unspecified atom stereocenters. The van der Waals surface area contributed by atoms with Gasteiger partial charge in [0.25, 0.3) is 0 Å². The number of hydrogen-bond donors (Lipinski definition) is 1. The standard InChI is InChI=1S/C14H15F2N3O/c1-3-17-14(11-7-8-12(20-2)19-18-11)13-9(15)5-4-6-10(13)16/h4-8,14,17H,3H2,1-2H3. The average molecular weight is 279 g/mol. The minimum Gasteiger partial charge on any atom is -0.480 e. The number of nitrogens with one attached hydrogen (secondary N) is 1. The molecule has 0 amide bonds. The Bertz CT molecular complexity index is 555. The Labute approximate surface area is 115 Å². The zero-order chi connectivity index (χ0) is 14.5. The molecule has 0 spiro atoms. The molecule has 0 aliphatic heterocycles. The highest BCUT2D eigenvalue weighted by Gasteiger charge is 2.22. The van der Waals surface area contributed by atoms with Gasteiger partial charge in [0.2, 0.25) is 5.88 Å². The monoisotopic (exact) mass is 279 g/mol. The van der Waals surface area contributed by atoms with E-state index in [1.54, 1.807) is 12.1 Å². The van der Waals surface area contributed by atoms with E-state index in [0.29, 0.717) is 18.1 Å². The zero-order valence-electron chi connectivity index (χ0n) is 11.2. The van der Waals surface area contributed by atoms with Gasteiger partial charge in [-0.05, 0) is 24.7 Å². The van der Waals surface area contributed by atoms with Crippen molar-refractivity contribution in [1.82, 2.24) is 15.5 Å². The van der Waals surface area contributed by atoms with Gasteiger partial charge in [-0.25, -0.2) is 8.78 Å². The van der Waals surface area contributed by atoms with E-state index in [0.717, 1.165) is 0 Å². The highest BCUT2D eigenvalue weighted by atomic mass is 19.1. The first-order valence-electron chi connectivity index (χ1n) is 6.22. The maximum absolute atomic E-state index is 13.9. The molecule has 1 aromatic carbocycles. The molecule has 106 valence electrons. The van der Waals surface area contributed by atoms with Gasteiger partial charge in [0.15, 0.2) is 0 Å². The summed E-state index contributed by atoms with van der Waals surface area (Å²) < 4.78 is 32.7. The first kappa shape index (κ1) is 14.3. The van der Waals surface area contributed by atoms with Crippen LogP contribution in [-0.2, 0) is 0 Å². The molecule has 0 fully saturated rings. The molecule has 0 radical (unpaired) electrons. The molecule has 0 bridgehead atoms. The van der Waals surface area contributed by atoms with Crippen LogP contribution in [0.4, 0.5) is 8.78 Å². The number of nitrogens with zero attached hydrogens (tertiary/aromatic N) is 2. The topological polar surface area (TPSA) is 47.0 Å². The first-order chi connectivity index (χ1) is 9.67. The first-order valence-corrected chi connectivity index (χ1v) is 6.22. The summed E-state index contributed by atoms with van der Waals surface area (Å²) >= 11 is 0. The Hall–Kier alpha value is -2.08. The van der Waals surface area contributed by atoms with E-state index in [2.05, 4.69) is 15.5 Å². The smallest absolute Gasteiger partial charge is 0.233 e. The predicted molar refractivity (Wildman–Crippen MR) is 70.5 cm³/mol. The van der Waals surface area contributed by atoms with Crippen LogP contribution in [0.2, 0.25) is 0 Å². The van der Waals surface area contributed by atoms with Gasteiger partial charge in [-0.3, -0.25) is 0 Å². The maximum Gasteiger partial charge on any atom is 0.233 e. The van der Waals surface area contributed by atoms with Gasteiger partial charge >= 0.3 is 0 Å². The van der Waals surface area contributed by atoms with Crippen LogP contribution in [0, 0.1) is 11.6 Å². The van der Waals surface area contributed by atoms with E-state index < -0.39 is 17.7 Å². The number of benzene rings is 1. The number of rotatable bonds is 5. The van der Waals surface area contributed by atoms with Gasteiger partial charge in [0.1, 0.15) is 11.6 Å². The highest BCUT2D eigenvalue weighted by Crippen LogP contribution is 2.25. The lowest BCUT2D eigenvalue weighted by Gasteiger charge is -2.18. The van der Waals surface area contributed by atoms with E-state index in [4.69, 9.17) is 4.74 Å². The van der Waals surface area contributed by atoms with Crippen LogP contribution in [0.15, 0.2) is 30.3 Å². The largest absolute Gasteiger partial charge is 0.480 e. The highest BCUT2D eigenvalue weighted by molar-refractivity contribution is 5.30. The third-order valence-corrected chi connectivity index (χ3v) is 2.86. The van der Waals surface area contributed by atoms with Crippen molar-refractivity contribution in [2.75, 3.05) is 13.7 Å². The Balaban J connectivity index is 2.44. The lowest BCUT2D eigenvalue weighted by Crippen LogP contribution is -2.25. The van der Waals surface area contributed by atoms with Crippen LogP contribution in [-0.4, -0.2) is 23.9 Å². The fraction of sp³-hybridized carbons (Fsp3) is 0.286. The SMILES string of the molecule is CCNC(c1ccc(OC)nn1)c1c(F)cccc1F. The quantitative estimate of drug-likeness (QED) is 0.913. The second kappa shape index (κ2) is 6.38. The summed E-state index contributed by atoms with van der Waals surface area (Å²) in [5.41, 5.74) is 0.366. The van der Waals surface area contributed by atoms with Crippen molar-refractivity contribution in [3.63, 3.8) is 0 Å². The van der Waals surface area contributed by atoms with Crippen LogP contribution < -0.4 is 10.1 Å². The van der Waals surface area contributed by atoms with Gasteiger partial charge in [-0.2, -0.15) is 0 Å². The molecule has 1 atom stereocenters. The van der Waals surface area contributed by atoms with Crippen LogP contribution in [0.1, 0.15) is 24.2 Å². The number of methoxy groups -OCH3 is 1. The number of halogens is 2. The van der Waals surface area contributed by atoms with Crippen LogP contribution >= 0.6 is 0 Å². The van der Waals surface area contributed by atoms with E-state index in [9.17, 15) is 8.78 Å². The Morgan fingerprint density at radius 1 is 1.15 bits per heavy atom. The van der Waals surface area contributed by atoms with Crippen LogP contribution in [0.5, 0.6) is 5.88 Å². The molecule has 1 aromatic heterocycles. The summed E-state index contributed by atoms with van der Waals surface area (Å²) in [6.07, 6.45) is 0. The predicted octanol–water partition coefficient (Wildman–Crippen LogP) is 2.46. The summed E-state index contributed by atoms with van der Waals surface area (Å²) in [4.78, 5) is 0. The zero-order valence-corrected chi connectivity index (χ0v) is 11.2. The molecule has 0 aliphatic rings. The van der Waals surface area contributed by atoms with Crippen molar-refractivity contribution in [1.29, 1.82) is 0 Å². The third kappa shape index (κ3) is 2.91. The van der Waals surface area contributed by atoms with Crippen molar-refractivity contribution in [2.24, 2.45) is 0 Å². The molecular weight excluding hydrogens is 264 g/mol. The fourth-order valence-corrected chi connectivity index (χ4v) is 1.94. The Kier molecular flexibility index (Phi) is 4.57. The van der Waals surface area contributed by atoms with Crippen LogP contribution in [0.25, 0.3) is 0 Å². The summed E-state index contributed by atoms with van der Waals surface area (Å²) in [5, 5.41) is 10.8. The van der Waals surface area contributed by atoms with Crippen molar-refractivity contribution in [3.8, 4) is 5.88 Å². The lowest BCUT2D eigenvalue weighted by molar-refractivity contribution is 0.389. The molecule has 0 saturated heterocycles. The van der Waals surface area contributed by atoms with E-state index >= 15 is 0 Å². The minimum absolute atomic E-state index is 0.0613. The second-order valence-corrected chi connectivity index (χ2v) is 4.13. The van der Waals surface area contributed by atoms with Crippen LogP contribution in [0.3, 0.4) is 0 Å². The molecule has 4 nitrogen and oxygen atoms in total. The average Bonchev–Trinajstić information content (AvgIpc) is 2.46. The molecule has 1 heterocycles. The van der Waals surface area contributed by atoms with Crippen molar-refractivity contribution in [2.45, 2.75) is 13.0 Å². The van der Waals surface area contributed by atoms with Gasteiger partial charge in [-0.15, -0.1) is 10.2 Å². The summed E-state index contributed by atoms with van der Waals surface area (Å²) in [7, 11) is 1.47. The van der Waals surface area contributed by atoms with Gasteiger partial charge in [-0.1, -0.05) is 13.0 Å². The second-order valence-electron chi connectivity index (χ2n) is 4.13. The van der Waals surface area contributed by atoms with Crippen molar-refractivity contribution in [3.05, 3.63) is 53.2 Å². The summed E-state index contributed by atoms with van der Waals surface area (Å²) in [6.45, 7) is 2.38. The van der Waals surface area contributed by atoms with Gasteiger partial charge in [0, 0.05) is 11.6 Å². The number of aromatic nitrogens is 2. The molecule has 0 saturated carbocycles. The normalized spacial score (nSPS) is 12.2. The summed E-state index contributed by atoms with van der Waals surface area (Å²) in [6, 6.07) is 6.31. The maximum atomic E-state index is 13.9. The van der Waals surface area contributed by atoms with Crippen molar-refractivity contribution < 1.29 is 13.5 Å². The van der Waals surface area contributed by atoms with E-state index in [1.807, 2.05) is 6.92 Å². The number of hydrogen-bond acceptors (Lipinski definition) is 4. The molecule has 1 N–H and O–H groups in total. The van der Waals surface area contributed by atoms with Crippen molar-refractivity contribution >= 4 is 0 Å². The number of ether oxygens (including phenoxy) is 1. The van der Waals surface area contributed by atoms with E-state index in [-0.39, 0.29) is 5.56 Å². The third-order valence-electron chi connectivity index (χ3n) is 2.86. The molecule has 6 heteroatoms. The Morgan fingerprint density at radius 2 is 1.85 bits per heavy atom. The minimum atomic E-state index is -0.695. The Morgan fingerprint density at radius 3 is 2.35 bits per heavy atom. The molecule has 20 heavy (non-hydrogen) atoms. The van der Waals surface area contributed by atoms with Gasteiger partial charge in [0.05, 0.1) is 18.8 Å². The lowest BCUT2D eigenvalue weighted by atomic mass is 10.0. The fourth-order valence-electron chi connectivity index (χ4n) is 1.94. The molecule has 2 aromatic rings. The summed E-state index contributed by atoms with van der Waals surface area (Å²) in [5.74, 6) is -0.889. The molecule has 2 rings (SSSR count). The molecule has 0 aliphatic carbocycles. The van der Waals surface area contributed by atoms with E-state index in [1.165, 1.54) is 25.3 Å². The molecular formula is C14H15F2N3O. The van der Waals surface area contributed by atoms with Gasteiger partial charge < -0.3 is 10.1 Å².